The fourth-order valence-electron chi connectivity index (χ4n) is 3.89. The fraction of sp³-hybridized carbons (Fsp3) is 0.364. The predicted octanol–water partition coefficient (Wildman–Crippen LogP) is 3.78. The van der Waals surface area contributed by atoms with E-state index in [0.717, 1.165) is 11.2 Å². The molecule has 0 aliphatic carbocycles. The topological polar surface area (TPSA) is 104 Å². The molecule has 2 aromatic carbocycles. The van der Waals surface area contributed by atoms with Crippen molar-refractivity contribution in [3.8, 4) is 0 Å². The molecule has 1 unspecified atom stereocenters. The third kappa shape index (κ3) is 5.28. The van der Waals surface area contributed by atoms with E-state index in [2.05, 4.69) is 5.32 Å². The second kappa shape index (κ2) is 9.59. The summed E-state index contributed by atoms with van der Waals surface area (Å²) in [4.78, 5) is 26.4. The van der Waals surface area contributed by atoms with E-state index in [0.29, 0.717) is 24.3 Å². The maximum Gasteiger partial charge on any atom is 0.430 e. The van der Waals surface area contributed by atoms with E-state index in [4.69, 9.17) is 0 Å². The zero-order valence-electron chi connectivity index (χ0n) is 18.8. The summed E-state index contributed by atoms with van der Waals surface area (Å²) in [5.41, 5.74) is -6.47. The Morgan fingerprint density at radius 3 is 2.08 bits per heavy atom. The van der Waals surface area contributed by atoms with Crippen LogP contribution in [0.4, 0.5) is 36.4 Å². The van der Waals surface area contributed by atoms with Crippen LogP contribution in [0.25, 0.3) is 0 Å². The summed E-state index contributed by atoms with van der Waals surface area (Å²) in [7, 11) is -3.64. The molecule has 0 aromatic heterocycles. The van der Waals surface area contributed by atoms with Crippen molar-refractivity contribution in [3.63, 3.8) is 0 Å². The molecule has 0 fully saturated rings. The van der Waals surface area contributed by atoms with Gasteiger partial charge in [-0.15, -0.1) is 0 Å². The molecule has 0 saturated heterocycles. The Morgan fingerprint density at radius 1 is 1.03 bits per heavy atom. The van der Waals surface area contributed by atoms with Crippen LogP contribution in [-0.2, 0) is 31.6 Å². The van der Waals surface area contributed by atoms with Gasteiger partial charge in [0.1, 0.15) is 6.04 Å². The highest BCUT2D eigenvalue weighted by atomic mass is 32.2. The second-order valence-electron chi connectivity index (χ2n) is 8.27. The van der Waals surface area contributed by atoms with Crippen LogP contribution < -0.4 is 5.32 Å². The fourth-order valence-corrected chi connectivity index (χ4v) is 4.56. The number of halogens is 7. The van der Waals surface area contributed by atoms with Crippen molar-refractivity contribution in [1.29, 1.82) is 0 Å². The minimum absolute atomic E-state index is 0.0948. The largest absolute Gasteiger partial charge is 0.430 e. The van der Waals surface area contributed by atoms with Gasteiger partial charge in [-0.3, -0.25) is 14.0 Å². The molecule has 1 aliphatic rings. The molecule has 37 heavy (non-hydrogen) atoms. The van der Waals surface area contributed by atoms with Gasteiger partial charge in [-0.05, 0) is 35.4 Å². The molecule has 202 valence electrons. The number of fused-ring (bicyclic) bond motifs is 1. The third-order valence-electron chi connectivity index (χ3n) is 5.76. The van der Waals surface area contributed by atoms with Crippen LogP contribution in [-0.4, -0.2) is 55.5 Å². The lowest BCUT2D eigenvalue weighted by molar-refractivity contribution is -0.376. The van der Waals surface area contributed by atoms with Crippen molar-refractivity contribution in [2.45, 2.75) is 41.9 Å². The van der Waals surface area contributed by atoms with E-state index in [1.54, 1.807) is 0 Å². The lowest BCUT2D eigenvalue weighted by atomic mass is 9.92. The lowest BCUT2D eigenvalue weighted by Gasteiger charge is -2.32. The molecule has 0 bridgehead atoms. The van der Waals surface area contributed by atoms with E-state index in [9.17, 15) is 53.8 Å². The van der Waals surface area contributed by atoms with Crippen LogP contribution in [0.2, 0.25) is 0 Å². The van der Waals surface area contributed by atoms with Gasteiger partial charge in [0.15, 0.2) is 9.84 Å². The van der Waals surface area contributed by atoms with Gasteiger partial charge in [0.25, 0.3) is 11.5 Å². The van der Waals surface area contributed by atoms with E-state index in [1.807, 2.05) is 0 Å². The molecule has 3 rings (SSSR count). The summed E-state index contributed by atoms with van der Waals surface area (Å²) in [6.45, 7) is -1.28. The van der Waals surface area contributed by atoms with Gasteiger partial charge >= 0.3 is 12.4 Å². The van der Waals surface area contributed by atoms with E-state index in [-0.39, 0.29) is 28.3 Å². The highest BCUT2D eigenvalue weighted by molar-refractivity contribution is 7.90. The number of carbonyl (C=O) groups is 2. The number of nitrogens with one attached hydrogen (secondary N) is 1. The molecule has 0 saturated carbocycles. The SMILES string of the molecule is CS(=O)(=O)c1ccc2c(c1)CN(C(=O)CCF)C2C(=O)Nc1ccc(C(O)(C(F)(F)F)C(F)(F)F)cc1. The average Bonchev–Trinajstić information content (AvgIpc) is 3.16. The number of aliphatic hydroxyl groups is 1. The Labute approximate surface area is 205 Å². The molecule has 1 atom stereocenters. The number of anilines is 1. The molecule has 15 heteroatoms. The maximum atomic E-state index is 13.1. The number of alkyl halides is 7. The summed E-state index contributed by atoms with van der Waals surface area (Å²) in [5, 5.41) is 11.7. The van der Waals surface area contributed by atoms with Gasteiger partial charge in [-0.1, -0.05) is 18.2 Å². The Morgan fingerprint density at radius 2 is 1.59 bits per heavy atom. The van der Waals surface area contributed by atoms with E-state index in [1.165, 1.54) is 18.2 Å². The van der Waals surface area contributed by atoms with Gasteiger partial charge in [0.05, 0.1) is 18.0 Å². The zero-order chi connectivity index (χ0) is 28.0. The molecule has 7 nitrogen and oxygen atoms in total. The van der Waals surface area contributed by atoms with Crippen molar-refractivity contribution in [2.24, 2.45) is 0 Å². The number of amides is 2. The van der Waals surface area contributed by atoms with Crippen LogP contribution in [0.15, 0.2) is 47.4 Å². The van der Waals surface area contributed by atoms with Crippen molar-refractivity contribution in [2.75, 3.05) is 18.2 Å². The number of carbonyl (C=O) groups excluding carboxylic acids is 2. The number of rotatable bonds is 6. The van der Waals surface area contributed by atoms with Crippen molar-refractivity contribution < 1.29 is 53.8 Å². The summed E-state index contributed by atoms with van der Waals surface area (Å²) in [5.74, 6) is -1.72. The molecular formula is C22H19F7N2O5S. The Kier molecular flexibility index (Phi) is 7.36. The molecule has 2 aromatic rings. The maximum absolute atomic E-state index is 13.1. The Bertz CT molecular complexity index is 1290. The quantitative estimate of drug-likeness (QED) is 0.528. The van der Waals surface area contributed by atoms with Crippen molar-refractivity contribution in [1.82, 2.24) is 4.90 Å². The Balaban J connectivity index is 1.94. The first-order chi connectivity index (χ1) is 16.9. The molecular weight excluding hydrogens is 537 g/mol. The molecule has 2 amide bonds. The molecule has 0 radical (unpaired) electrons. The molecule has 1 aliphatic heterocycles. The van der Waals surface area contributed by atoms with Crippen LogP contribution in [0, 0.1) is 0 Å². The highest BCUT2D eigenvalue weighted by Gasteiger charge is 2.71. The van der Waals surface area contributed by atoms with Crippen LogP contribution >= 0.6 is 0 Å². The summed E-state index contributed by atoms with van der Waals surface area (Å²) < 4.78 is 115. The van der Waals surface area contributed by atoms with Crippen LogP contribution in [0.1, 0.15) is 29.2 Å². The number of hydrogen-bond acceptors (Lipinski definition) is 5. The predicted molar refractivity (Wildman–Crippen MR) is 115 cm³/mol. The third-order valence-corrected chi connectivity index (χ3v) is 6.87. The van der Waals surface area contributed by atoms with Gasteiger partial charge < -0.3 is 15.3 Å². The molecule has 0 spiro atoms. The minimum atomic E-state index is -6.09. The number of sulfone groups is 1. The first-order valence-corrected chi connectivity index (χ1v) is 12.3. The Hall–Kier alpha value is -3.20. The summed E-state index contributed by atoms with van der Waals surface area (Å²) in [6.07, 6.45) is -11.8. The first kappa shape index (κ1) is 28.4. The average molecular weight is 556 g/mol. The van der Waals surface area contributed by atoms with E-state index >= 15 is 0 Å². The zero-order valence-corrected chi connectivity index (χ0v) is 19.6. The van der Waals surface area contributed by atoms with E-state index < -0.39 is 64.3 Å². The van der Waals surface area contributed by atoms with Gasteiger partial charge in [0.2, 0.25) is 5.91 Å². The van der Waals surface area contributed by atoms with Crippen molar-refractivity contribution in [3.05, 3.63) is 59.2 Å². The number of hydrogen-bond donors (Lipinski definition) is 2. The van der Waals surface area contributed by atoms with Gasteiger partial charge in [-0.25, -0.2) is 8.42 Å². The number of benzene rings is 2. The highest BCUT2D eigenvalue weighted by Crippen LogP contribution is 2.50. The van der Waals surface area contributed by atoms with Crippen molar-refractivity contribution >= 4 is 27.3 Å². The number of nitrogens with zero attached hydrogens (tertiary/aromatic N) is 1. The molecule has 2 N–H and O–H groups in total. The first-order valence-electron chi connectivity index (χ1n) is 10.4. The minimum Gasteiger partial charge on any atom is -0.369 e. The van der Waals surface area contributed by atoms with Gasteiger partial charge in [0, 0.05) is 24.1 Å². The smallest absolute Gasteiger partial charge is 0.369 e. The summed E-state index contributed by atoms with van der Waals surface area (Å²) >= 11 is 0. The standard InChI is InChI=1S/C22H19F7N2O5S/c1-37(35,36)15-6-7-16-12(10-15)11-31(17(32)8-9-23)18(16)19(33)30-14-4-2-13(3-5-14)20(34,21(24,25)26)22(27,28)29/h2-7,10,18,34H,8-9,11H2,1H3,(H,30,33). The summed E-state index contributed by atoms with van der Waals surface area (Å²) in [6, 6.07) is 4.42. The van der Waals surface area contributed by atoms with Gasteiger partial charge in [-0.2, -0.15) is 26.3 Å². The van der Waals surface area contributed by atoms with Crippen LogP contribution in [0.3, 0.4) is 0 Å². The second-order valence-corrected chi connectivity index (χ2v) is 10.3. The normalized spacial score (nSPS) is 16.5. The molecule has 1 heterocycles. The van der Waals surface area contributed by atoms with Crippen LogP contribution in [0.5, 0.6) is 0 Å². The monoisotopic (exact) mass is 556 g/mol. The lowest BCUT2D eigenvalue weighted by Crippen LogP contribution is -2.53.